The Morgan fingerprint density at radius 2 is 1.78 bits per heavy atom. The first-order chi connectivity index (χ1) is 10.9. The smallest absolute Gasteiger partial charge is 0.220 e. The van der Waals surface area contributed by atoms with Crippen molar-refractivity contribution in [1.82, 2.24) is 5.32 Å². The number of carbonyl (C=O) groups is 1. The van der Waals surface area contributed by atoms with Crippen molar-refractivity contribution in [2.24, 2.45) is 40.2 Å². The number of nitrogens with one attached hydrogen (secondary N) is 1. The Labute approximate surface area is 141 Å². The topological polar surface area (TPSA) is 55.1 Å². The van der Waals surface area contributed by atoms with E-state index in [0.717, 1.165) is 30.6 Å². The fourth-order valence-corrected chi connectivity index (χ4v) is 7.61. The molecule has 1 heterocycles. The molecule has 8 atom stereocenters. The highest BCUT2D eigenvalue weighted by Gasteiger charge is 2.60. The van der Waals surface area contributed by atoms with Crippen molar-refractivity contribution in [1.29, 1.82) is 0 Å². The molecule has 23 heavy (non-hydrogen) atoms. The second kappa shape index (κ2) is 5.21. The molecule has 3 aliphatic carbocycles. The molecule has 2 unspecified atom stereocenters. The molecule has 1 aliphatic heterocycles. The summed E-state index contributed by atoms with van der Waals surface area (Å²) in [6, 6.07) is 0.766. The third kappa shape index (κ3) is 2.14. The lowest BCUT2D eigenvalue weighted by molar-refractivity contribution is -0.136. The maximum absolute atomic E-state index is 11.8. The molecule has 0 radical (unpaired) electrons. The molecule has 0 spiro atoms. The van der Waals surface area contributed by atoms with E-state index in [9.17, 15) is 4.79 Å². The summed E-state index contributed by atoms with van der Waals surface area (Å²) in [6.45, 7) is 7.25. The van der Waals surface area contributed by atoms with E-state index in [1.54, 1.807) is 0 Å². The predicted octanol–water partition coefficient (Wildman–Crippen LogP) is 3.47. The zero-order valence-corrected chi connectivity index (χ0v) is 15.1. The minimum atomic E-state index is 0.282. The highest BCUT2D eigenvalue weighted by atomic mass is 16.1. The van der Waals surface area contributed by atoms with E-state index in [1.165, 1.54) is 38.5 Å². The summed E-state index contributed by atoms with van der Waals surface area (Å²) in [5.41, 5.74) is 7.16. The lowest BCUT2D eigenvalue weighted by Gasteiger charge is -2.60. The number of carbonyl (C=O) groups excluding carboxylic acids is 1. The largest absolute Gasteiger partial charge is 0.353 e. The van der Waals surface area contributed by atoms with Gasteiger partial charge >= 0.3 is 0 Å². The molecular formula is C20H34N2O. The van der Waals surface area contributed by atoms with E-state index < -0.39 is 0 Å². The molecule has 0 bridgehead atoms. The van der Waals surface area contributed by atoms with Gasteiger partial charge in [0.1, 0.15) is 0 Å². The van der Waals surface area contributed by atoms with Crippen LogP contribution in [0.25, 0.3) is 0 Å². The summed E-state index contributed by atoms with van der Waals surface area (Å²) in [5.74, 6) is 3.54. The van der Waals surface area contributed by atoms with Gasteiger partial charge in [-0.1, -0.05) is 13.8 Å². The van der Waals surface area contributed by atoms with Gasteiger partial charge in [-0.3, -0.25) is 4.79 Å². The first-order valence-corrected chi connectivity index (χ1v) is 9.91. The Bertz CT molecular complexity index is 504. The molecule has 4 fully saturated rings. The fourth-order valence-electron chi connectivity index (χ4n) is 7.61. The number of nitrogens with two attached hydrogens (primary N) is 1. The quantitative estimate of drug-likeness (QED) is 0.778. The molecule has 3 heteroatoms. The maximum Gasteiger partial charge on any atom is 0.220 e. The van der Waals surface area contributed by atoms with Gasteiger partial charge in [0.2, 0.25) is 5.91 Å². The van der Waals surface area contributed by atoms with Gasteiger partial charge in [-0.25, -0.2) is 0 Å². The van der Waals surface area contributed by atoms with Gasteiger partial charge in [-0.05, 0) is 86.4 Å². The Morgan fingerprint density at radius 1 is 1.04 bits per heavy atom. The van der Waals surface area contributed by atoms with Crippen LogP contribution in [0.2, 0.25) is 0 Å². The van der Waals surface area contributed by atoms with Gasteiger partial charge in [0, 0.05) is 18.5 Å². The average Bonchev–Trinajstić information content (AvgIpc) is 2.85. The Kier molecular flexibility index (Phi) is 3.61. The van der Waals surface area contributed by atoms with Gasteiger partial charge in [-0.2, -0.15) is 0 Å². The van der Waals surface area contributed by atoms with Crippen molar-refractivity contribution in [3.63, 3.8) is 0 Å². The van der Waals surface area contributed by atoms with Crippen LogP contribution in [0.4, 0.5) is 0 Å². The van der Waals surface area contributed by atoms with E-state index >= 15 is 0 Å². The molecule has 4 rings (SSSR count). The van der Waals surface area contributed by atoms with Crippen LogP contribution in [0.1, 0.15) is 72.1 Å². The molecule has 3 saturated carbocycles. The van der Waals surface area contributed by atoms with Crippen LogP contribution < -0.4 is 11.1 Å². The van der Waals surface area contributed by atoms with E-state index in [2.05, 4.69) is 26.1 Å². The number of hydrogen-bond donors (Lipinski definition) is 2. The van der Waals surface area contributed by atoms with Crippen molar-refractivity contribution in [2.45, 2.75) is 84.2 Å². The van der Waals surface area contributed by atoms with E-state index in [-0.39, 0.29) is 5.91 Å². The molecule has 4 aliphatic rings. The van der Waals surface area contributed by atoms with Crippen LogP contribution >= 0.6 is 0 Å². The summed E-state index contributed by atoms with van der Waals surface area (Å²) in [4.78, 5) is 11.8. The normalized spacial score (nSPS) is 53.7. The maximum atomic E-state index is 11.8. The van der Waals surface area contributed by atoms with Gasteiger partial charge in [0.15, 0.2) is 0 Å². The highest BCUT2D eigenvalue weighted by Crippen LogP contribution is 2.65. The lowest BCUT2D eigenvalue weighted by Crippen LogP contribution is -2.61. The molecule has 1 amide bonds. The Hall–Kier alpha value is -0.570. The summed E-state index contributed by atoms with van der Waals surface area (Å²) < 4.78 is 0. The summed E-state index contributed by atoms with van der Waals surface area (Å²) in [6.07, 6.45) is 9.77. The third-order valence-electron chi connectivity index (χ3n) is 8.80. The lowest BCUT2D eigenvalue weighted by atomic mass is 9.47. The van der Waals surface area contributed by atoms with Gasteiger partial charge in [0.25, 0.3) is 0 Å². The molecule has 0 aromatic carbocycles. The minimum absolute atomic E-state index is 0.282. The van der Waals surface area contributed by atoms with Crippen molar-refractivity contribution in [3.05, 3.63) is 0 Å². The number of amides is 1. The van der Waals surface area contributed by atoms with E-state index in [0.29, 0.717) is 28.8 Å². The SMILES string of the molecule is CC(N)[C@H]1CC[C@H]2[C@@H]3CCC4NC(=O)CC[C@]4(C)[C@H]3CC[C@]12C. The van der Waals surface area contributed by atoms with E-state index in [1.807, 2.05) is 0 Å². The van der Waals surface area contributed by atoms with Crippen LogP contribution in [-0.2, 0) is 4.79 Å². The summed E-state index contributed by atoms with van der Waals surface area (Å²) in [5, 5.41) is 3.33. The second-order valence-corrected chi connectivity index (χ2v) is 9.67. The second-order valence-electron chi connectivity index (χ2n) is 9.67. The van der Waals surface area contributed by atoms with Crippen molar-refractivity contribution < 1.29 is 4.79 Å². The number of piperidine rings is 1. The number of rotatable bonds is 1. The Balaban J connectivity index is 1.61. The number of fused-ring (bicyclic) bond motifs is 5. The van der Waals surface area contributed by atoms with Crippen molar-refractivity contribution >= 4 is 5.91 Å². The predicted molar refractivity (Wildman–Crippen MR) is 92.7 cm³/mol. The zero-order valence-electron chi connectivity index (χ0n) is 15.1. The van der Waals surface area contributed by atoms with Gasteiger partial charge in [0.05, 0.1) is 0 Å². The Morgan fingerprint density at radius 3 is 2.52 bits per heavy atom. The van der Waals surface area contributed by atoms with Crippen LogP contribution in [0.15, 0.2) is 0 Å². The zero-order chi connectivity index (χ0) is 16.4. The van der Waals surface area contributed by atoms with Crippen molar-refractivity contribution in [2.75, 3.05) is 0 Å². The van der Waals surface area contributed by atoms with E-state index in [4.69, 9.17) is 5.73 Å². The van der Waals surface area contributed by atoms with Crippen molar-refractivity contribution in [3.8, 4) is 0 Å². The third-order valence-corrected chi connectivity index (χ3v) is 8.80. The monoisotopic (exact) mass is 318 g/mol. The number of hydrogen-bond acceptors (Lipinski definition) is 2. The molecule has 3 nitrogen and oxygen atoms in total. The first-order valence-electron chi connectivity index (χ1n) is 9.91. The van der Waals surface area contributed by atoms with Gasteiger partial charge < -0.3 is 11.1 Å². The minimum Gasteiger partial charge on any atom is -0.353 e. The molecule has 0 aromatic rings. The van der Waals surface area contributed by atoms with Gasteiger partial charge in [-0.15, -0.1) is 0 Å². The summed E-state index contributed by atoms with van der Waals surface area (Å²) in [7, 11) is 0. The van der Waals surface area contributed by atoms with Crippen LogP contribution in [0.3, 0.4) is 0 Å². The van der Waals surface area contributed by atoms with Crippen LogP contribution in [0.5, 0.6) is 0 Å². The van der Waals surface area contributed by atoms with Crippen LogP contribution in [-0.4, -0.2) is 18.0 Å². The highest BCUT2D eigenvalue weighted by molar-refractivity contribution is 5.77. The summed E-state index contributed by atoms with van der Waals surface area (Å²) >= 11 is 0. The first kappa shape index (κ1) is 15.9. The van der Waals surface area contributed by atoms with Crippen LogP contribution in [0, 0.1) is 34.5 Å². The average molecular weight is 319 g/mol. The molecule has 3 N–H and O–H groups in total. The fraction of sp³-hybridized carbons (Fsp3) is 0.950. The molecule has 0 aromatic heterocycles. The standard InChI is InChI=1S/C20H34N2O/c1-12(21)14-5-6-15-13-4-7-17-20(3,11-9-18(23)22-17)16(13)8-10-19(14,15)2/h12-17H,4-11,21H2,1-3H3,(H,22,23)/t12?,13-,14+,15-,16-,17?,19+,20+/m0/s1. The molecule has 130 valence electrons. The molecular weight excluding hydrogens is 284 g/mol. The molecule has 1 saturated heterocycles.